The fraction of sp³-hybridized carbons (Fsp3) is 0.125. The highest BCUT2D eigenvalue weighted by Crippen LogP contribution is 2.56. The van der Waals surface area contributed by atoms with Crippen LogP contribution in [-0.4, -0.2) is 19.0 Å². The van der Waals surface area contributed by atoms with E-state index in [4.69, 9.17) is 16.6 Å². The average molecular weight is 358 g/mol. The van der Waals surface area contributed by atoms with Gasteiger partial charge in [-0.2, -0.15) is 0 Å². The van der Waals surface area contributed by atoms with E-state index in [0.29, 0.717) is 14.9 Å². The minimum Gasteiger partial charge on any atom is -0.466 e. The topological polar surface area (TPSA) is 80.8 Å². The van der Waals surface area contributed by atoms with Crippen LogP contribution < -0.4 is 4.74 Å². The summed E-state index contributed by atoms with van der Waals surface area (Å²) in [4.78, 5) is 27.5. The second-order valence-corrected chi connectivity index (χ2v) is 6.68. The number of thioether (sulfide) groups is 2. The highest BCUT2D eigenvalue weighted by atomic mass is 32.2. The highest BCUT2D eigenvalue weighted by Gasteiger charge is 2.27. The summed E-state index contributed by atoms with van der Waals surface area (Å²) in [6, 6.07) is 5.28. The Morgan fingerprint density at radius 3 is 2.54 bits per heavy atom. The number of rotatable bonds is 3. The summed E-state index contributed by atoms with van der Waals surface area (Å²) in [7, 11) is 1.21. The Kier molecular flexibility index (Phi) is 5.69. The van der Waals surface area contributed by atoms with Crippen LogP contribution in [0.2, 0.25) is 0 Å². The number of methoxy groups -OCH3 is 1. The molecule has 0 aromatic heterocycles. The standard InChI is InChI=1S/C16H10N2O4S2/c1-9-4-5-11(22-13(20)7-6-12(19)21-3)15-14(9)23-16(24-15)10(8-17)18-2/h4-7H,1,3H3/b7-6?,16-10+. The average Bonchev–Trinajstić information content (AvgIpc) is 3.02. The van der Waals surface area contributed by atoms with Gasteiger partial charge in [0.2, 0.25) is 0 Å². The first-order valence-electron chi connectivity index (χ1n) is 6.49. The lowest BCUT2D eigenvalue weighted by molar-refractivity contribution is -0.135. The molecule has 120 valence electrons. The first kappa shape index (κ1) is 17.7. The van der Waals surface area contributed by atoms with Gasteiger partial charge in [0.15, 0.2) is 0 Å². The van der Waals surface area contributed by atoms with Crippen molar-refractivity contribution in [2.24, 2.45) is 0 Å². The van der Waals surface area contributed by atoms with Crippen molar-refractivity contribution in [3.63, 3.8) is 0 Å². The van der Waals surface area contributed by atoms with Gasteiger partial charge in [0.1, 0.15) is 5.75 Å². The third kappa shape index (κ3) is 3.80. The molecule has 0 saturated heterocycles. The molecule has 1 aromatic carbocycles. The Morgan fingerprint density at radius 2 is 1.92 bits per heavy atom. The number of carbonyl (C=O) groups is 2. The molecule has 8 heteroatoms. The van der Waals surface area contributed by atoms with Crippen LogP contribution in [0.4, 0.5) is 0 Å². The largest absolute Gasteiger partial charge is 0.466 e. The van der Waals surface area contributed by atoms with Crippen molar-refractivity contribution in [3.8, 4) is 11.8 Å². The second-order valence-electron chi connectivity index (χ2n) is 4.38. The Morgan fingerprint density at radius 1 is 1.25 bits per heavy atom. The monoisotopic (exact) mass is 358 g/mol. The second kappa shape index (κ2) is 7.73. The van der Waals surface area contributed by atoms with Crippen LogP contribution in [-0.2, 0) is 14.3 Å². The van der Waals surface area contributed by atoms with Crippen LogP contribution in [0.25, 0.3) is 4.85 Å². The Hall–Kier alpha value is -2.68. The molecule has 0 amide bonds. The number of hydrogen-bond acceptors (Lipinski definition) is 7. The minimum absolute atomic E-state index is 0.00321. The third-order valence-electron chi connectivity index (χ3n) is 2.84. The maximum absolute atomic E-state index is 11.8. The molecule has 0 fully saturated rings. The van der Waals surface area contributed by atoms with E-state index in [1.54, 1.807) is 12.1 Å². The number of hydrogen-bond donors (Lipinski definition) is 0. The van der Waals surface area contributed by atoms with E-state index in [2.05, 4.69) is 9.58 Å². The highest BCUT2D eigenvalue weighted by molar-refractivity contribution is 8.24. The van der Waals surface area contributed by atoms with Crippen molar-refractivity contribution in [1.29, 1.82) is 5.26 Å². The molecule has 1 aromatic rings. The summed E-state index contributed by atoms with van der Waals surface area (Å²) in [5.74, 6) is -1.07. The Labute approximate surface area is 146 Å². The summed E-state index contributed by atoms with van der Waals surface area (Å²) < 4.78 is 10.2. The third-order valence-corrected chi connectivity index (χ3v) is 5.57. The van der Waals surface area contributed by atoms with Gasteiger partial charge >= 0.3 is 11.9 Å². The van der Waals surface area contributed by atoms with E-state index in [9.17, 15) is 9.59 Å². The van der Waals surface area contributed by atoms with Crippen molar-refractivity contribution >= 4 is 35.5 Å². The van der Waals surface area contributed by atoms with E-state index in [1.165, 1.54) is 30.6 Å². The van der Waals surface area contributed by atoms with E-state index in [0.717, 1.165) is 22.6 Å². The van der Waals surface area contributed by atoms with E-state index in [1.807, 2.05) is 13.0 Å². The maximum atomic E-state index is 11.8. The first-order valence-corrected chi connectivity index (χ1v) is 8.12. The maximum Gasteiger partial charge on any atom is 0.336 e. The van der Waals surface area contributed by atoms with Gasteiger partial charge in [-0.15, -0.1) is 0 Å². The van der Waals surface area contributed by atoms with E-state index >= 15 is 0 Å². The molecule has 0 aliphatic carbocycles. The van der Waals surface area contributed by atoms with Gasteiger partial charge in [-0.1, -0.05) is 29.6 Å². The van der Waals surface area contributed by atoms with Crippen molar-refractivity contribution in [2.45, 2.75) is 16.7 Å². The molecule has 6 nitrogen and oxygen atoms in total. The zero-order valence-corrected chi connectivity index (χ0v) is 14.3. The van der Waals surface area contributed by atoms with Gasteiger partial charge in [0, 0.05) is 17.0 Å². The summed E-state index contributed by atoms with van der Waals surface area (Å²) >= 11 is 2.52. The number of nitriles is 1. The van der Waals surface area contributed by atoms with Gasteiger partial charge in [-0.05, 0) is 18.6 Å². The van der Waals surface area contributed by atoms with Crippen LogP contribution in [0.5, 0.6) is 5.75 Å². The number of nitrogens with zero attached hydrogens (tertiary/aromatic N) is 2. The van der Waals surface area contributed by atoms with Gasteiger partial charge in [-0.3, -0.25) is 0 Å². The van der Waals surface area contributed by atoms with Gasteiger partial charge in [0.05, 0.1) is 28.9 Å². The van der Waals surface area contributed by atoms with Gasteiger partial charge in [-0.25, -0.2) is 19.7 Å². The fourth-order valence-corrected chi connectivity index (χ4v) is 4.26. The Balaban J connectivity index is 2.30. The molecule has 0 spiro atoms. The molecule has 1 aliphatic heterocycles. The summed E-state index contributed by atoms with van der Waals surface area (Å²) in [6.07, 6.45) is 1.94. The lowest BCUT2D eigenvalue weighted by atomic mass is 10.2. The number of allylic oxidation sites excluding steroid dienone is 1. The van der Waals surface area contributed by atoms with Crippen LogP contribution >= 0.6 is 23.5 Å². The van der Waals surface area contributed by atoms with Crippen LogP contribution in [0.3, 0.4) is 0 Å². The number of benzene rings is 1. The van der Waals surface area contributed by atoms with Gasteiger partial charge in [0.25, 0.3) is 5.70 Å². The smallest absolute Gasteiger partial charge is 0.336 e. The Bertz CT molecular complexity index is 844. The minimum atomic E-state index is -0.722. The van der Waals surface area contributed by atoms with Crippen LogP contribution in [0.1, 0.15) is 5.56 Å². The lowest BCUT2D eigenvalue weighted by Crippen LogP contribution is -2.06. The number of esters is 2. The molecular weight excluding hydrogens is 348 g/mol. The predicted molar refractivity (Wildman–Crippen MR) is 88.9 cm³/mol. The molecule has 0 unspecified atom stereocenters. The summed E-state index contributed by atoms with van der Waals surface area (Å²) in [6.45, 7) is 8.94. The SMILES string of the molecule is [C-]#[N+]/C(C#N)=C1\Sc2c(C)ccc(OC(=O)C=CC(=O)OC)c2S1. The molecule has 0 saturated carbocycles. The molecule has 2 rings (SSSR count). The fourth-order valence-electron chi connectivity index (χ4n) is 1.71. The van der Waals surface area contributed by atoms with Gasteiger partial charge < -0.3 is 9.47 Å². The molecule has 24 heavy (non-hydrogen) atoms. The summed E-state index contributed by atoms with van der Waals surface area (Å²) in [5.41, 5.74) is 0.952. The normalized spacial score (nSPS) is 14.5. The quantitative estimate of drug-likeness (QED) is 0.269. The van der Waals surface area contributed by atoms with Crippen molar-refractivity contribution in [1.82, 2.24) is 0 Å². The van der Waals surface area contributed by atoms with E-state index in [-0.39, 0.29) is 5.70 Å². The summed E-state index contributed by atoms with van der Waals surface area (Å²) in [5, 5.41) is 9.01. The predicted octanol–water partition coefficient (Wildman–Crippen LogP) is 3.44. The van der Waals surface area contributed by atoms with Crippen molar-refractivity contribution in [3.05, 3.63) is 51.2 Å². The molecule has 0 radical (unpaired) electrons. The van der Waals surface area contributed by atoms with Crippen LogP contribution in [0.15, 0.2) is 44.0 Å². The molecule has 1 aliphatic rings. The molecule has 0 N–H and O–H groups in total. The van der Waals surface area contributed by atoms with Crippen molar-refractivity contribution in [2.75, 3.05) is 7.11 Å². The lowest BCUT2D eigenvalue weighted by Gasteiger charge is -2.08. The van der Waals surface area contributed by atoms with Crippen LogP contribution in [0, 0.1) is 24.8 Å². The first-order chi connectivity index (χ1) is 11.5. The van der Waals surface area contributed by atoms with Crippen molar-refractivity contribution < 1.29 is 19.1 Å². The number of carbonyl (C=O) groups excluding carboxylic acids is 2. The molecule has 0 atom stereocenters. The molecule has 1 heterocycles. The van der Waals surface area contributed by atoms with E-state index < -0.39 is 11.9 Å². The molecular formula is C16H10N2O4S2. The number of aryl methyl sites for hydroxylation is 1. The molecule has 0 bridgehead atoms. The number of fused-ring (bicyclic) bond motifs is 1. The number of ether oxygens (including phenoxy) is 2. The zero-order valence-electron chi connectivity index (χ0n) is 12.7. The zero-order chi connectivity index (χ0) is 17.7.